The molecule has 0 saturated heterocycles. The lowest BCUT2D eigenvalue weighted by Crippen LogP contribution is -1.99. The molecule has 0 aliphatic heterocycles. The van der Waals surface area contributed by atoms with Crippen LogP contribution < -0.4 is 5.73 Å². The van der Waals surface area contributed by atoms with Crippen molar-refractivity contribution in [2.24, 2.45) is 0 Å². The first-order valence-electron chi connectivity index (χ1n) is 8.38. The lowest BCUT2D eigenvalue weighted by molar-refractivity contribution is 0.582. The fraction of sp³-hybridized carbons (Fsp3) is 0. The highest BCUT2D eigenvalue weighted by Crippen LogP contribution is 2.30. The van der Waals surface area contributed by atoms with Gasteiger partial charge in [-0.05, 0) is 24.3 Å². The number of nitrogens with two attached hydrogens (primary N) is 1. The Balaban J connectivity index is 0.00000107. The molecule has 5 rings (SSSR count). The normalized spacial score (nSPS) is 11.1. The van der Waals surface area contributed by atoms with Gasteiger partial charge < -0.3 is 15.1 Å². The van der Waals surface area contributed by atoms with Crippen LogP contribution in [0, 0.1) is 0 Å². The number of hydrogen-bond donors (Lipinski definition) is 2. The third-order valence-corrected chi connectivity index (χ3v) is 4.32. The second-order valence-corrected chi connectivity index (χ2v) is 6.01. The van der Waals surface area contributed by atoms with Crippen molar-refractivity contribution in [3.63, 3.8) is 0 Å². The molecule has 0 saturated carbocycles. The van der Waals surface area contributed by atoms with Gasteiger partial charge in [0.1, 0.15) is 0 Å². The number of rotatable bonds is 3. The van der Waals surface area contributed by atoms with Crippen LogP contribution in [-0.4, -0.2) is 25.1 Å². The van der Waals surface area contributed by atoms with Crippen molar-refractivity contribution in [1.82, 2.24) is 25.1 Å². The lowest BCUT2D eigenvalue weighted by Gasteiger charge is -2.05. The number of hydrogen-bond acceptors (Lipinski definition) is 6. The summed E-state index contributed by atoms with van der Waals surface area (Å²) in [5.74, 6) is 0.884. The minimum absolute atomic E-state index is 0. The van der Waals surface area contributed by atoms with Crippen molar-refractivity contribution < 1.29 is 8.70 Å². The average molecular weight is 360 g/mol. The molecule has 3 aromatic heterocycles. The van der Waals surface area contributed by atoms with E-state index < -0.39 is 0 Å². The molecule has 7 nitrogen and oxygen atoms in total. The topological polar surface area (TPSA) is 107 Å². The largest absolute Gasteiger partial charge is 0.414 e. The van der Waals surface area contributed by atoms with E-state index in [0.29, 0.717) is 17.3 Å². The summed E-state index contributed by atoms with van der Waals surface area (Å²) >= 11 is 0. The molecule has 0 atom stereocenters. The number of nitrogens with one attached hydrogen (secondary N) is 1. The number of benzene rings is 2. The molecule has 0 fully saturated rings. The number of fused-ring (bicyclic) bond motifs is 1. The van der Waals surface area contributed by atoms with Gasteiger partial charge in [0.15, 0.2) is 11.5 Å². The minimum atomic E-state index is 0. The number of aromatic amines is 1. The van der Waals surface area contributed by atoms with Crippen molar-refractivity contribution in [3.8, 4) is 34.3 Å². The molecule has 5 aromatic rings. The highest BCUT2D eigenvalue weighted by atomic mass is 16.4. The Labute approximate surface area is 158 Å². The fourth-order valence-corrected chi connectivity index (χ4v) is 3.01. The first-order chi connectivity index (χ1) is 13.3. The fourth-order valence-electron chi connectivity index (χ4n) is 3.01. The standard InChI is InChI=1S/C20H14N6O.3H2/c21-18-17(20-26-25-19(27-20)12-5-2-1-3-6-12)24-16(11-23-18)13-7-4-8-15-14(13)9-10-22-15;;;/h1-11,22H,(H2,21,23);3*1H. The molecule has 3 N–H and O–H groups in total. The van der Waals surface area contributed by atoms with Crippen molar-refractivity contribution in [2.45, 2.75) is 0 Å². The predicted molar refractivity (Wildman–Crippen MR) is 109 cm³/mol. The summed E-state index contributed by atoms with van der Waals surface area (Å²) < 4.78 is 5.79. The van der Waals surface area contributed by atoms with Gasteiger partial charge in [-0.2, -0.15) is 0 Å². The highest BCUT2D eigenvalue weighted by molar-refractivity contribution is 5.94. The molecule has 2 aromatic carbocycles. The van der Waals surface area contributed by atoms with E-state index in [-0.39, 0.29) is 16.0 Å². The maximum atomic E-state index is 6.03. The summed E-state index contributed by atoms with van der Waals surface area (Å²) in [6, 6.07) is 17.5. The molecule has 0 spiro atoms. The van der Waals surface area contributed by atoms with Crippen LogP contribution >= 0.6 is 0 Å². The van der Waals surface area contributed by atoms with Gasteiger partial charge in [-0.25, -0.2) is 9.97 Å². The van der Waals surface area contributed by atoms with Gasteiger partial charge >= 0.3 is 0 Å². The molecular weight excluding hydrogens is 340 g/mol. The van der Waals surface area contributed by atoms with Crippen LogP contribution in [0.15, 0.2) is 71.4 Å². The quantitative estimate of drug-likeness (QED) is 0.484. The number of nitrogen functional groups attached to an aromatic ring is 1. The summed E-state index contributed by atoms with van der Waals surface area (Å²) in [6.07, 6.45) is 3.54. The van der Waals surface area contributed by atoms with Crippen LogP contribution in [0.4, 0.5) is 5.82 Å². The Kier molecular flexibility index (Phi) is 3.43. The Morgan fingerprint density at radius 2 is 1.78 bits per heavy atom. The summed E-state index contributed by atoms with van der Waals surface area (Å²) in [7, 11) is 0. The van der Waals surface area contributed by atoms with E-state index in [2.05, 4.69) is 25.1 Å². The van der Waals surface area contributed by atoms with E-state index in [1.165, 1.54) is 0 Å². The molecule has 0 radical (unpaired) electrons. The van der Waals surface area contributed by atoms with Crippen molar-refractivity contribution in [2.75, 3.05) is 5.73 Å². The second-order valence-electron chi connectivity index (χ2n) is 6.01. The summed E-state index contributed by atoms with van der Waals surface area (Å²) in [5.41, 5.74) is 9.89. The molecule has 3 heterocycles. The van der Waals surface area contributed by atoms with E-state index in [4.69, 9.17) is 10.2 Å². The van der Waals surface area contributed by atoms with E-state index in [9.17, 15) is 0 Å². The number of aromatic nitrogens is 5. The molecule has 7 heteroatoms. The Morgan fingerprint density at radius 1 is 0.926 bits per heavy atom. The van der Waals surface area contributed by atoms with E-state index in [0.717, 1.165) is 22.0 Å². The predicted octanol–water partition coefficient (Wildman–Crippen LogP) is 4.66. The first kappa shape index (κ1) is 15.3. The molecule has 0 unspecified atom stereocenters. The van der Waals surface area contributed by atoms with Gasteiger partial charge in [-0.3, -0.25) is 0 Å². The van der Waals surface area contributed by atoms with Gasteiger partial charge in [0.2, 0.25) is 5.89 Å². The number of nitrogens with zero attached hydrogens (tertiary/aromatic N) is 4. The number of anilines is 1. The first-order valence-corrected chi connectivity index (χ1v) is 8.38. The number of H-pyrrole nitrogens is 1. The third-order valence-electron chi connectivity index (χ3n) is 4.32. The minimum Gasteiger partial charge on any atom is -0.414 e. The molecule has 0 amide bonds. The third kappa shape index (κ3) is 2.62. The van der Waals surface area contributed by atoms with Crippen LogP contribution in [0.25, 0.3) is 45.2 Å². The Morgan fingerprint density at radius 3 is 2.67 bits per heavy atom. The van der Waals surface area contributed by atoms with Crippen LogP contribution in [0.3, 0.4) is 0 Å². The maximum Gasteiger partial charge on any atom is 0.270 e. The monoisotopic (exact) mass is 360 g/mol. The van der Waals surface area contributed by atoms with Crippen molar-refractivity contribution in [3.05, 3.63) is 67.0 Å². The van der Waals surface area contributed by atoms with Crippen molar-refractivity contribution in [1.29, 1.82) is 0 Å². The molecule has 0 aliphatic carbocycles. The maximum absolute atomic E-state index is 6.03. The van der Waals surface area contributed by atoms with Crippen LogP contribution in [0.2, 0.25) is 0 Å². The Bertz CT molecular complexity index is 1260. The highest BCUT2D eigenvalue weighted by Gasteiger charge is 2.17. The van der Waals surface area contributed by atoms with E-state index in [1.54, 1.807) is 6.20 Å². The molecule has 0 bridgehead atoms. The zero-order chi connectivity index (χ0) is 18.2. The smallest absolute Gasteiger partial charge is 0.270 e. The van der Waals surface area contributed by atoms with Gasteiger partial charge in [0.25, 0.3) is 5.89 Å². The zero-order valence-electron chi connectivity index (χ0n) is 14.1. The lowest BCUT2D eigenvalue weighted by atomic mass is 10.1. The van der Waals surface area contributed by atoms with Crippen LogP contribution in [0.1, 0.15) is 4.28 Å². The second kappa shape index (κ2) is 6.06. The molecule has 27 heavy (non-hydrogen) atoms. The summed E-state index contributed by atoms with van der Waals surface area (Å²) in [4.78, 5) is 12.1. The molecule has 0 aliphatic rings. The van der Waals surface area contributed by atoms with E-state index in [1.807, 2.05) is 60.8 Å². The van der Waals surface area contributed by atoms with Gasteiger partial charge in [-0.15, -0.1) is 10.2 Å². The van der Waals surface area contributed by atoms with E-state index >= 15 is 0 Å². The average Bonchev–Trinajstić information content (AvgIpc) is 3.38. The van der Waals surface area contributed by atoms with Crippen LogP contribution in [0.5, 0.6) is 0 Å². The Hall–Kier alpha value is -4.00. The summed E-state index contributed by atoms with van der Waals surface area (Å²) in [6.45, 7) is 0. The van der Waals surface area contributed by atoms with Gasteiger partial charge in [-0.1, -0.05) is 30.3 Å². The zero-order valence-corrected chi connectivity index (χ0v) is 14.1. The van der Waals surface area contributed by atoms with Gasteiger partial charge in [0, 0.05) is 32.5 Å². The van der Waals surface area contributed by atoms with Gasteiger partial charge in [0.05, 0.1) is 11.9 Å². The SMILES string of the molecule is Nc1ncc(-c2cccc3[nH]ccc23)nc1-c1nnc(-c2ccccc2)o1.[HH].[HH].[HH]. The van der Waals surface area contributed by atoms with Crippen molar-refractivity contribution >= 4 is 16.7 Å². The van der Waals surface area contributed by atoms with Crippen LogP contribution in [-0.2, 0) is 0 Å². The molecular formula is C20H20N6O. The summed E-state index contributed by atoms with van der Waals surface area (Å²) in [5, 5.41) is 9.26. The molecule has 136 valence electrons.